The smallest absolute Gasteiger partial charge is 0.271 e. The van der Waals surface area contributed by atoms with Gasteiger partial charge in [0.1, 0.15) is 5.69 Å². The molecular formula is C20H26N4O3. The van der Waals surface area contributed by atoms with E-state index >= 15 is 0 Å². The third-order valence-corrected chi connectivity index (χ3v) is 5.11. The van der Waals surface area contributed by atoms with Gasteiger partial charge < -0.3 is 15.7 Å². The summed E-state index contributed by atoms with van der Waals surface area (Å²) in [4.78, 5) is 24.9. The van der Waals surface area contributed by atoms with Crippen LogP contribution in [-0.4, -0.2) is 45.9 Å². The van der Waals surface area contributed by atoms with Crippen molar-refractivity contribution in [1.82, 2.24) is 20.4 Å². The summed E-state index contributed by atoms with van der Waals surface area (Å²) in [5.41, 5.74) is 1.57. The molecule has 7 nitrogen and oxygen atoms in total. The number of hydrogen-bond acceptors (Lipinski definition) is 4. The number of nitrogens with zero attached hydrogens (tertiary/aromatic N) is 2. The summed E-state index contributed by atoms with van der Waals surface area (Å²) in [5, 5.41) is 19.6. The Morgan fingerprint density at radius 3 is 2.44 bits per heavy atom. The third kappa shape index (κ3) is 4.36. The summed E-state index contributed by atoms with van der Waals surface area (Å²) in [7, 11) is 1.54. The predicted molar refractivity (Wildman–Crippen MR) is 102 cm³/mol. The molecule has 0 aliphatic heterocycles. The zero-order chi connectivity index (χ0) is 19.4. The Balaban J connectivity index is 1.87. The molecule has 1 atom stereocenters. The van der Waals surface area contributed by atoms with Crippen molar-refractivity contribution in [2.45, 2.75) is 50.8 Å². The van der Waals surface area contributed by atoms with Crippen molar-refractivity contribution in [1.29, 1.82) is 0 Å². The van der Waals surface area contributed by atoms with E-state index in [0.717, 1.165) is 18.4 Å². The highest BCUT2D eigenvalue weighted by molar-refractivity contribution is 5.98. The number of benzene rings is 1. The van der Waals surface area contributed by atoms with E-state index in [1.807, 2.05) is 37.3 Å². The molecule has 27 heavy (non-hydrogen) atoms. The Morgan fingerprint density at radius 1 is 1.15 bits per heavy atom. The quantitative estimate of drug-likeness (QED) is 0.749. The van der Waals surface area contributed by atoms with Crippen molar-refractivity contribution in [2.24, 2.45) is 0 Å². The van der Waals surface area contributed by atoms with Crippen LogP contribution in [-0.2, 0) is 0 Å². The molecule has 0 spiro atoms. The van der Waals surface area contributed by atoms with Gasteiger partial charge in [0, 0.05) is 19.2 Å². The summed E-state index contributed by atoms with van der Waals surface area (Å²) >= 11 is 0. The number of hydrogen-bond donors (Lipinski definition) is 3. The summed E-state index contributed by atoms with van der Waals surface area (Å²) in [6.45, 7) is 1.95. The standard InChI is InChI=1S/C20H26N4O3/c1-13(14-6-4-3-5-7-14)24-18(12-17(23-24)19(26)21-2)20(27)22-15-8-10-16(25)11-9-15/h3-7,12-13,15-16,25H,8-11H2,1-2H3,(H,21,26)(H,22,27)/t13-,15-,16-/m1/s1. The van der Waals surface area contributed by atoms with Crippen LogP contribution in [0.15, 0.2) is 36.4 Å². The highest BCUT2D eigenvalue weighted by Crippen LogP contribution is 2.22. The first-order chi connectivity index (χ1) is 13.0. The Kier molecular flexibility index (Phi) is 5.91. The van der Waals surface area contributed by atoms with Crippen LogP contribution in [0.5, 0.6) is 0 Å². The first-order valence-corrected chi connectivity index (χ1v) is 9.35. The molecule has 2 aromatic rings. The van der Waals surface area contributed by atoms with Gasteiger partial charge in [0.2, 0.25) is 0 Å². The summed E-state index contributed by atoms with van der Waals surface area (Å²) in [5.74, 6) is -0.578. The molecule has 1 aromatic carbocycles. The number of carbonyl (C=O) groups excluding carboxylic acids is 2. The molecule has 1 aromatic heterocycles. The van der Waals surface area contributed by atoms with E-state index in [1.54, 1.807) is 4.68 Å². The van der Waals surface area contributed by atoms with Crippen LogP contribution in [0.25, 0.3) is 0 Å². The maximum Gasteiger partial charge on any atom is 0.271 e. The molecule has 1 fully saturated rings. The SMILES string of the molecule is CNC(=O)c1cc(C(=O)N[C@H]2CC[C@H](O)CC2)n([C@H](C)c2ccccc2)n1. The van der Waals surface area contributed by atoms with Crippen molar-refractivity contribution >= 4 is 11.8 Å². The monoisotopic (exact) mass is 370 g/mol. The molecule has 1 aliphatic carbocycles. The van der Waals surface area contributed by atoms with Crippen LogP contribution >= 0.6 is 0 Å². The van der Waals surface area contributed by atoms with Crippen molar-refractivity contribution in [3.63, 3.8) is 0 Å². The Labute approximate surface area is 158 Å². The van der Waals surface area contributed by atoms with Gasteiger partial charge in [-0.2, -0.15) is 5.10 Å². The summed E-state index contributed by atoms with van der Waals surface area (Å²) in [6.07, 6.45) is 2.60. The van der Waals surface area contributed by atoms with E-state index in [2.05, 4.69) is 15.7 Å². The fourth-order valence-electron chi connectivity index (χ4n) is 3.45. The van der Waals surface area contributed by atoms with Gasteiger partial charge in [-0.3, -0.25) is 14.3 Å². The molecule has 0 bridgehead atoms. The number of rotatable bonds is 5. The van der Waals surface area contributed by atoms with Crippen molar-refractivity contribution in [2.75, 3.05) is 7.05 Å². The van der Waals surface area contributed by atoms with Crippen molar-refractivity contribution < 1.29 is 14.7 Å². The zero-order valence-corrected chi connectivity index (χ0v) is 15.7. The van der Waals surface area contributed by atoms with E-state index < -0.39 is 0 Å². The minimum atomic E-state index is -0.330. The second-order valence-electron chi connectivity index (χ2n) is 7.00. The van der Waals surface area contributed by atoms with Crippen LogP contribution in [0.1, 0.15) is 65.2 Å². The second-order valence-corrected chi connectivity index (χ2v) is 7.00. The van der Waals surface area contributed by atoms with Gasteiger partial charge in [-0.1, -0.05) is 30.3 Å². The molecular weight excluding hydrogens is 344 g/mol. The maximum absolute atomic E-state index is 12.9. The van der Waals surface area contributed by atoms with E-state index in [-0.39, 0.29) is 35.7 Å². The number of amides is 2. The summed E-state index contributed by atoms with van der Waals surface area (Å²) < 4.78 is 1.60. The van der Waals surface area contributed by atoms with E-state index in [1.165, 1.54) is 13.1 Å². The van der Waals surface area contributed by atoms with Crippen LogP contribution in [0.2, 0.25) is 0 Å². The first-order valence-electron chi connectivity index (χ1n) is 9.35. The molecule has 1 aliphatic rings. The molecule has 1 heterocycles. The highest BCUT2D eigenvalue weighted by Gasteiger charge is 2.26. The van der Waals surface area contributed by atoms with E-state index in [4.69, 9.17) is 0 Å². The van der Waals surface area contributed by atoms with Crippen molar-refractivity contribution in [3.05, 3.63) is 53.3 Å². The molecule has 0 radical (unpaired) electrons. The van der Waals surface area contributed by atoms with Gasteiger partial charge in [0.05, 0.1) is 12.1 Å². The lowest BCUT2D eigenvalue weighted by molar-refractivity contribution is 0.0856. The fraction of sp³-hybridized carbons (Fsp3) is 0.450. The molecule has 3 rings (SSSR count). The van der Waals surface area contributed by atoms with E-state index in [9.17, 15) is 14.7 Å². The average molecular weight is 370 g/mol. The maximum atomic E-state index is 12.9. The lowest BCUT2D eigenvalue weighted by atomic mass is 9.93. The Morgan fingerprint density at radius 2 is 1.81 bits per heavy atom. The van der Waals surface area contributed by atoms with Crippen LogP contribution in [0.4, 0.5) is 0 Å². The fourth-order valence-corrected chi connectivity index (χ4v) is 3.45. The largest absolute Gasteiger partial charge is 0.393 e. The second kappa shape index (κ2) is 8.35. The predicted octanol–water partition coefficient (Wildman–Crippen LogP) is 1.89. The number of aliphatic hydroxyl groups excluding tert-OH is 1. The summed E-state index contributed by atoms with van der Waals surface area (Å²) in [6, 6.07) is 11.1. The zero-order valence-electron chi connectivity index (χ0n) is 15.7. The molecule has 1 saturated carbocycles. The molecule has 0 unspecified atom stereocenters. The lowest BCUT2D eigenvalue weighted by Crippen LogP contribution is -2.39. The number of aliphatic hydroxyl groups is 1. The molecule has 0 saturated heterocycles. The van der Waals surface area contributed by atoms with Gasteiger partial charge in [-0.15, -0.1) is 0 Å². The van der Waals surface area contributed by atoms with Crippen LogP contribution < -0.4 is 10.6 Å². The van der Waals surface area contributed by atoms with Gasteiger partial charge in [-0.05, 0) is 38.2 Å². The van der Waals surface area contributed by atoms with Gasteiger partial charge in [0.25, 0.3) is 11.8 Å². The molecule has 144 valence electrons. The lowest BCUT2D eigenvalue weighted by Gasteiger charge is -2.26. The molecule has 2 amide bonds. The third-order valence-electron chi connectivity index (χ3n) is 5.11. The minimum absolute atomic E-state index is 0.0275. The van der Waals surface area contributed by atoms with Gasteiger partial charge >= 0.3 is 0 Å². The minimum Gasteiger partial charge on any atom is -0.393 e. The number of aromatic nitrogens is 2. The van der Waals surface area contributed by atoms with Gasteiger partial charge in [-0.25, -0.2) is 0 Å². The topological polar surface area (TPSA) is 96.3 Å². The molecule has 3 N–H and O–H groups in total. The number of carbonyl (C=O) groups is 2. The normalized spacial score (nSPS) is 20.7. The van der Waals surface area contributed by atoms with Gasteiger partial charge in [0.15, 0.2) is 5.69 Å². The number of nitrogens with one attached hydrogen (secondary N) is 2. The van der Waals surface area contributed by atoms with E-state index in [0.29, 0.717) is 18.5 Å². The molecule has 7 heteroatoms. The first kappa shape index (κ1) is 19.1. The average Bonchev–Trinajstić information content (AvgIpc) is 3.15. The highest BCUT2D eigenvalue weighted by atomic mass is 16.3. The van der Waals surface area contributed by atoms with Crippen LogP contribution in [0.3, 0.4) is 0 Å². The van der Waals surface area contributed by atoms with Crippen LogP contribution in [0, 0.1) is 0 Å². The Hall–Kier alpha value is -2.67. The van der Waals surface area contributed by atoms with Crippen molar-refractivity contribution in [3.8, 4) is 0 Å². The Bertz CT molecular complexity index is 795.